The molecule has 1 aromatic heterocycles. The van der Waals surface area contributed by atoms with Gasteiger partial charge in [-0.2, -0.15) is 0 Å². The number of aromatic nitrogens is 1. The second-order valence-electron chi connectivity index (χ2n) is 3.16. The number of amides is 1. The van der Waals surface area contributed by atoms with E-state index in [0.29, 0.717) is 0 Å². The summed E-state index contributed by atoms with van der Waals surface area (Å²) in [5, 5.41) is 5.55. The van der Waals surface area contributed by atoms with Crippen molar-refractivity contribution in [1.82, 2.24) is 5.16 Å². The number of halogens is 2. The normalized spacial score (nSPS) is 10.2. The van der Waals surface area contributed by atoms with Gasteiger partial charge in [0, 0.05) is 6.07 Å². The van der Waals surface area contributed by atoms with Crippen molar-refractivity contribution in [2.75, 3.05) is 11.1 Å². The highest BCUT2D eigenvalue weighted by Crippen LogP contribution is 2.19. The standard InChI is InChI=1S/C10H7F2N3O2/c11-5-1-2-6(13)9(12)8(5)10(16)14-7-3-4-17-15-7/h1-4H,13H2,(H,14,15,16). The van der Waals surface area contributed by atoms with Crippen molar-refractivity contribution in [3.05, 3.63) is 41.7 Å². The third-order valence-corrected chi connectivity index (χ3v) is 2.03. The number of hydrogen-bond acceptors (Lipinski definition) is 4. The molecular formula is C10H7F2N3O2. The van der Waals surface area contributed by atoms with Gasteiger partial charge in [0.25, 0.3) is 5.91 Å². The minimum Gasteiger partial charge on any atom is -0.396 e. The van der Waals surface area contributed by atoms with Gasteiger partial charge in [-0.1, -0.05) is 5.16 Å². The van der Waals surface area contributed by atoms with Gasteiger partial charge < -0.3 is 15.6 Å². The molecule has 0 bridgehead atoms. The van der Waals surface area contributed by atoms with E-state index in [1.54, 1.807) is 0 Å². The lowest BCUT2D eigenvalue weighted by Gasteiger charge is -2.06. The number of nitrogen functional groups attached to an aromatic ring is 1. The van der Waals surface area contributed by atoms with Gasteiger partial charge in [0.1, 0.15) is 17.6 Å². The van der Waals surface area contributed by atoms with Crippen LogP contribution in [0.1, 0.15) is 10.4 Å². The molecule has 7 heteroatoms. The molecule has 2 aromatic rings. The molecule has 0 atom stereocenters. The largest absolute Gasteiger partial charge is 0.396 e. The van der Waals surface area contributed by atoms with Crippen LogP contribution in [-0.4, -0.2) is 11.1 Å². The first-order valence-electron chi connectivity index (χ1n) is 4.55. The molecule has 0 unspecified atom stereocenters. The van der Waals surface area contributed by atoms with Crippen molar-refractivity contribution in [3.8, 4) is 0 Å². The Labute approximate surface area is 94.2 Å². The number of anilines is 2. The van der Waals surface area contributed by atoms with Crippen LogP contribution in [0.4, 0.5) is 20.3 Å². The Morgan fingerprint density at radius 1 is 1.35 bits per heavy atom. The highest BCUT2D eigenvalue weighted by molar-refractivity contribution is 6.04. The predicted octanol–water partition coefficient (Wildman–Crippen LogP) is 1.79. The second-order valence-corrected chi connectivity index (χ2v) is 3.16. The van der Waals surface area contributed by atoms with Crippen LogP contribution in [0.5, 0.6) is 0 Å². The molecule has 1 amide bonds. The van der Waals surface area contributed by atoms with Crippen molar-refractivity contribution in [2.45, 2.75) is 0 Å². The second kappa shape index (κ2) is 4.20. The van der Waals surface area contributed by atoms with Crippen LogP contribution < -0.4 is 11.1 Å². The molecule has 0 fully saturated rings. The van der Waals surface area contributed by atoms with Crippen molar-refractivity contribution in [1.29, 1.82) is 0 Å². The zero-order chi connectivity index (χ0) is 12.4. The van der Waals surface area contributed by atoms with Gasteiger partial charge >= 0.3 is 0 Å². The van der Waals surface area contributed by atoms with Crippen LogP contribution in [0.15, 0.2) is 29.0 Å². The Hall–Kier alpha value is -2.44. The summed E-state index contributed by atoms with van der Waals surface area (Å²) >= 11 is 0. The summed E-state index contributed by atoms with van der Waals surface area (Å²) < 4.78 is 31.2. The number of carbonyl (C=O) groups excluding carboxylic acids is 1. The van der Waals surface area contributed by atoms with Crippen molar-refractivity contribution in [2.24, 2.45) is 0 Å². The van der Waals surface area contributed by atoms with E-state index < -0.39 is 23.1 Å². The maximum Gasteiger partial charge on any atom is 0.262 e. The summed E-state index contributed by atoms with van der Waals surface area (Å²) in [6.45, 7) is 0. The van der Waals surface area contributed by atoms with Gasteiger partial charge in [-0.3, -0.25) is 4.79 Å². The molecule has 0 saturated heterocycles. The van der Waals surface area contributed by atoms with Crippen LogP contribution >= 0.6 is 0 Å². The van der Waals surface area contributed by atoms with Crippen LogP contribution in [0.2, 0.25) is 0 Å². The zero-order valence-electron chi connectivity index (χ0n) is 8.41. The molecule has 0 radical (unpaired) electrons. The third-order valence-electron chi connectivity index (χ3n) is 2.03. The fourth-order valence-electron chi connectivity index (χ4n) is 1.23. The van der Waals surface area contributed by atoms with E-state index in [2.05, 4.69) is 15.0 Å². The van der Waals surface area contributed by atoms with Gasteiger partial charge in [-0.05, 0) is 12.1 Å². The summed E-state index contributed by atoms with van der Waals surface area (Å²) in [5.74, 6) is -3.04. The molecule has 2 rings (SSSR count). The number of nitrogens with two attached hydrogens (primary N) is 1. The van der Waals surface area contributed by atoms with Crippen molar-refractivity contribution < 1.29 is 18.1 Å². The molecule has 0 spiro atoms. The molecule has 1 heterocycles. The summed E-state index contributed by atoms with van der Waals surface area (Å²) in [6.07, 6.45) is 1.21. The van der Waals surface area contributed by atoms with E-state index >= 15 is 0 Å². The molecule has 0 aliphatic rings. The molecule has 0 saturated carbocycles. The van der Waals surface area contributed by atoms with E-state index in [1.807, 2.05) is 0 Å². The fraction of sp³-hybridized carbons (Fsp3) is 0. The molecular weight excluding hydrogens is 232 g/mol. The van der Waals surface area contributed by atoms with Gasteiger partial charge in [-0.25, -0.2) is 8.78 Å². The minimum absolute atomic E-state index is 0.0521. The lowest BCUT2D eigenvalue weighted by molar-refractivity contribution is 0.101. The monoisotopic (exact) mass is 239 g/mol. The Morgan fingerprint density at radius 2 is 2.12 bits per heavy atom. The van der Waals surface area contributed by atoms with Crippen molar-refractivity contribution in [3.63, 3.8) is 0 Å². The molecule has 88 valence electrons. The average Bonchev–Trinajstić information content (AvgIpc) is 2.77. The van der Waals surface area contributed by atoms with E-state index in [9.17, 15) is 13.6 Å². The van der Waals surface area contributed by atoms with Crippen LogP contribution in [-0.2, 0) is 0 Å². The van der Waals surface area contributed by atoms with E-state index in [0.717, 1.165) is 12.1 Å². The molecule has 1 aromatic carbocycles. The molecule has 5 nitrogen and oxygen atoms in total. The smallest absolute Gasteiger partial charge is 0.262 e. The Bertz CT molecular complexity index is 555. The van der Waals surface area contributed by atoms with Gasteiger partial charge in [0.2, 0.25) is 0 Å². The first-order valence-corrected chi connectivity index (χ1v) is 4.55. The molecule has 0 aliphatic carbocycles. The Balaban J connectivity index is 2.34. The van der Waals surface area contributed by atoms with Crippen molar-refractivity contribution >= 4 is 17.4 Å². The fourth-order valence-corrected chi connectivity index (χ4v) is 1.23. The highest BCUT2D eigenvalue weighted by Gasteiger charge is 2.20. The van der Waals surface area contributed by atoms with Gasteiger partial charge in [0.15, 0.2) is 11.6 Å². The maximum atomic E-state index is 13.5. The average molecular weight is 239 g/mol. The van der Waals surface area contributed by atoms with Gasteiger partial charge in [0.05, 0.1) is 5.69 Å². The van der Waals surface area contributed by atoms with E-state index in [4.69, 9.17) is 5.73 Å². The van der Waals surface area contributed by atoms with E-state index in [1.165, 1.54) is 12.3 Å². The molecule has 17 heavy (non-hydrogen) atoms. The number of rotatable bonds is 2. The van der Waals surface area contributed by atoms with E-state index in [-0.39, 0.29) is 11.5 Å². The van der Waals surface area contributed by atoms with Crippen LogP contribution in [0.25, 0.3) is 0 Å². The number of nitrogens with one attached hydrogen (secondary N) is 1. The summed E-state index contributed by atoms with van der Waals surface area (Å²) in [4.78, 5) is 11.6. The first-order chi connectivity index (χ1) is 8.09. The summed E-state index contributed by atoms with van der Waals surface area (Å²) in [7, 11) is 0. The highest BCUT2D eigenvalue weighted by atomic mass is 19.1. The Morgan fingerprint density at radius 3 is 2.76 bits per heavy atom. The van der Waals surface area contributed by atoms with Gasteiger partial charge in [-0.15, -0.1) is 0 Å². The topological polar surface area (TPSA) is 81.2 Å². The van der Waals surface area contributed by atoms with Crippen LogP contribution in [0.3, 0.4) is 0 Å². The third kappa shape index (κ3) is 2.07. The summed E-state index contributed by atoms with van der Waals surface area (Å²) in [5.41, 5.74) is 4.18. The molecule has 3 N–H and O–H groups in total. The predicted molar refractivity (Wildman–Crippen MR) is 55.2 cm³/mol. The summed E-state index contributed by atoms with van der Waals surface area (Å²) in [6, 6.07) is 3.29. The number of benzene rings is 1. The zero-order valence-corrected chi connectivity index (χ0v) is 8.41. The SMILES string of the molecule is Nc1ccc(F)c(C(=O)Nc2ccon2)c1F. The Kier molecular flexibility index (Phi) is 2.73. The first kappa shape index (κ1) is 11.1. The lowest BCUT2D eigenvalue weighted by Crippen LogP contribution is -2.17. The maximum absolute atomic E-state index is 13.5. The molecule has 0 aliphatic heterocycles. The lowest BCUT2D eigenvalue weighted by atomic mass is 10.1. The van der Waals surface area contributed by atoms with Crippen LogP contribution in [0, 0.1) is 11.6 Å². The number of nitrogens with zero attached hydrogens (tertiary/aromatic N) is 1. The number of hydrogen-bond donors (Lipinski definition) is 2. The minimum atomic E-state index is -1.11. The number of carbonyl (C=O) groups is 1. The quantitative estimate of drug-likeness (QED) is 0.783.